The molecule has 0 fully saturated rings. The molecule has 1 amide bonds. The second kappa shape index (κ2) is 8.30. The number of nitrogens with zero attached hydrogens (tertiary/aromatic N) is 3. The number of amides is 1. The van der Waals surface area contributed by atoms with Crippen LogP contribution in [0.2, 0.25) is 0 Å². The van der Waals surface area contributed by atoms with Crippen LogP contribution in [-0.2, 0) is 26.8 Å². The average Bonchev–Trinajstić information content (AvgIpc) is 3.25. The molecule has 0 saturated heterocycles. The van der Waals surface area contributed by atoms with Crippen LogP contribution in [0.5, 0.6) is 5.88 Å². The van der Waals surface area contributed by atoms with Gasteiger partial charge in [0.1, 0.15) is 11.5 Å². The molecular formula is C24H28N4O4S. The molecular weight excluding hydrogens is 440 g/mol. The third-order valence-corrected chi connectivity index (χ3v) is 7.07. The van der Waals surface area contributed by atoms with Crippen molar-refractivity contribution in [2.24, 2.45) is 0 Å². The second-order valence-corrected chi connectivity index (χ2v) is 11.0. The predicted molar refractivity (Wildman–Crippen MR) is 125 cm³/mol. The number of benzene rings is 1. The van der Waals surface area contributed by atoms with E-state index in [0.717, 1.165) is 27.8 Å². The van der Waals surface area contributed by atoms with E-state index in [0.29, 0.717) is 5.88 Å². The molecule has 4 rings (SSSR count). The fraction of sp³-hybridized carbons (Fsp3) is 0.375. The number of carbonyl (C=O) groups is 1. The van der Waals surface area contributed by atoms with Crippen LogP contribution in [0.3, 0.4) is 0 Å². The highest BCUT2D eigenvalue weighted by molar-refractivity contribution is 7.90. The third kappa shape index (κ3) is 4.64. The number of pyridine rings is 1. The number of carbonyl (C=O) groups excluding carboxylic acids is 1. The van der Waals surface area contributed by atoms with Crippen LogP contribution < -0.4 is 9.46 Å². The first-order valence-corrected chi connectivity index (χ1v) is 12.3. The van der Waals surface area contributed by atoms with Crippen molar-refractivity contribution in [1.29, 1.82) is 0 Å². The molecule has 0 unspecified atom stereocenters. The van der Waals surface area contributed by atoms with Crippen LogP contribution in [0.15, 0.2) is 47.8 Å². The molecule has 1 N–H and O–H groups in total. The molecule has 33 heavy (non-hydrogen) atoms. The van der Waals surface area contributed by atoms with Gasteiger partial charge in [-0.1, -0.05) is 31.5 Å². The minimum Gasteiger partial charge on any atom is -0.475 e. The molecule has 8 nitrogen and oxygen atoms in total. The summed E-state index contributed by atoms with van der Waals surface area (Å²) in [6, 6.07) is 7.77. The lowest BCUT2D eigenvalue weighted by Crippen LogP contribution is -2.34. The van der Waals surface area contributed by atoms with E-state index in [1.807, 2.05) is 45.0 Å². The summed E-state index contributed by atoms with van der Waals surface area (Å²) in [4.78, 5) is 17.2. The minimum atomic E-state index is -4.07. The molecule has 9 heteroatoms. The van der Waals surface area contributed by atoms with E-state index in [9.17, 15) is 13.2 Å². The smallest absolute Gasteiger partial charge is 0.267 e. The van der Waals surface area contributed by atoms with Gasteiger partial charge in [0.2, 0.25) is 11.8 Å². The van der Waals surface area contributed by atoms with Crippen molar-refractivity contribution in [1.82, 2.24) is 19.5 Å². The molecule has 174 valence electrons. The van der Waals surface area contributed by atoms with Crippen LogP contribution in [-0.4, -0.2) is 35.7 Å². The molecule has 1 aliphatic rings. The maximum Gasteiger partial charge on any atom is 0.267 e. The van der Waals surface area contributed by atoms with Crippen LogP contribution >= 0.6 is 0 Å². The van der Waals surface area contributed by atoms with E-state index in [1.54, 1.807) is 6.20 Å². The Kier molecular flexibility index (Phi) is 5.78. The van der Waals surface area contributed by atoms with Crippen molar-refractivity contribution in [2.45, 2.75) is 57.4 Å². The monoisotopic (exact) mass is 468 g/mol. The van der Waals surface area contributed by atoms with Gasteiger partial charge < -0.3 is 4.74 Å². The largest absolute Gasteiger partial charge is 0.475 e. The summed E-state index contributed by atoms with van der Waals surface area (Å²) >= 11 is 0. The van der Waals surface area contributed by atoms with Crippen LogP contribution in [0.4, 0.5) is 0 Å². The van der Waals surface area contributed by atoms with Gasteiger partial charge in [0.05, 0.1) is 18.2 Å². The quantitative estimate of drug-likeness (QED) is 0.586. The van der Waals surface area contributed by atoms with Crippen molar-refractivity contribution < 1.29 is 17.9 Å². The molecule has 2 aromatic heterocycles. The van der Waals surface area contributed by atoms with Gasteiger partial charge in [-0.15, -0.1) is 0 Å². The average molecular weight is 469 g/mol. The van der Waals surface area contributed by atoms with E-state index in [1.165, 1.54) is 17.1 Å². The first-order valence-electron chi connectivity index (χ1n) is 10.8. The maximum absolute atomic E-state index is 13.0. The molecule has 3 heterocycles. The first kappa shape index (κ1) is 23.0. The van der Waals surface area contributed by atoms with Gasteiger partial charge in [-0.25, -0.2) is 18.1 Å². The molecule has 3 aromatic rings. The lowest BCUT2D eigenvalue weighted by molar-refractivity contribution is -0.118. The molecule has 4 bridgehead atoms. The molecule has 1 aromatic carbocycles. The second-order valence-electron chi connectivity index (χ2n) is 9.34. The number of aryl methyl sites for hydroxylation is 1. The molecule has 0 atom stereocenters. The fourth-order valence-corrected chi connectivity index (χ4v) is 4.88. The summed E-state index contributed by atoms with van der Waals surface area (Å²) in [6.45, 7) is 10.1. The normalized spacial score (nSPS) is 17.3. The fourth-order valence-electron chi connectivity index (χ4n) is 3.97. The first-order chi connectivity index (χ1) is 15.5. The number of sulfonamides is 1. The van der Waals surface area contributed by atoms with Crippen molar-refractivity contribution in [3.05, 3.63) is 59.5 Å². The number of ether oxygens (including phenoxy) is 1. The molecule has 0 saturated carbocycles. The Morgan fingerprint density at radius 2 is 1.97 bits per heavy atom. The Bertz CT molecular complexity index is 1330. The van der Waals surface area contributed by atoms with Gasteiger partial charge in [0, 0.05) is 18.5 Å². The lowest BCUT2D eigenvalue weighted by atomic mass is 9.87. The Balaban J connectivity index is 1.91. The van der Waals surface area contributed by atoms with E-state index < -0.39 is 21.5 Å². The van der Waals surface area contributed by atoms with E-state index in [2.05, 4.69) is 28.7 Å². The number of fused-ring (bicyclic) bond motifs is 6. The Morgan fingerprint density at radius 1 is 1.21 bits per heavy atom. The minimum absolute atomic E-state index is 0.0781. The summed E-state index contributed by atoms with van der Waals surface area (Å²) < 4.78 is 35.5. The summed E-state index contributed by atoms with van der Waals surface area (Å²) in [7, 11) is -4.07. The Labute approximate surface area is 194 Å². The number of hydrogen-bond donors (Lipinski definition) is 1. The van der Waals surface area contributed by atoms with Crippen molar-refractivity contribution in [2.75, 3.05) is 6.61 Å². The molecule has 0 radical (unpaired) electrons. The van der Waals surface area contributed by atoms with Gasteiger partial charge in [-0.05, 0) is 55.0 Å². The SMILES string of the molecule is Cc1cc2c(c(C(C)C)c1)CC(=O)NS(=O)(=O)c1cnn(c1)C(C)(C)COc1cc-2ccn1. The van der Waals surface area contributed by atoms with Crippen molar-refractivity contribution in [3.8, 4) is 17.0 Å². The van der Waals surface area contributed by atoms with Gasteiger partial charge >= 0.3 is 0 Å². The number of rotatable bonds is 1. The number of nitrogens with one attached hydrogen (secondary N) is 1. The third-order valence-electron chi connectivity index (χ3n) is 5.74. The van der Waals surface area contributed by atoms with Gasteiger partial charge in [-0.3, -0.25) is 9.48 Å². The Hall–Kier alpha value is -3.20. The highest BCUT2D eigenvalue weighted by atomic mass is 32.2. The predicted octanol–water partition coefficient (Wildman–Crippen LogP) is 3.55. The zero-order valence-corrected chi connectivity index (χ0v) is 20.2. The molecule has 0 spiro atoms. The van der Waals surface area contributed by atoms with E-state index in [-0.39, 0.29) is 23.8 Å². The summed E-state index contributed by atoms with van der Waals surface area (Å²) in [5, 5.41) is 4.20. The van der Waals surface area contributed by atoms with Gasteiger partial charge in [-0.2, -0.15) is 5.10 Å². The summed E-state index contributed by atoms with van der Waals surface area (Å²) in [6.07, 6.45) is 4.23. The number of hydrogen-bond acceptors (Lipinski definition) is 6. The zero-order chi connectivity index (χ0) is 24.0. The zero-order valence-electron chi connectivity index (χ0n) is 19.4. The highest BCUT2D eigenvalue weighted by Gasteiger charge is 2.28. The number of aromatic nitrogens is 3. The van der Waals surface area contributed by atoms with Crippen LogP contribution in [0, 0.1) is 6.92 Å². The van der Waals surface area contributed by atoms with Crippen LogP contribution in [0.1, 0.15) is 50.3 Å². The van der Waals surface area contributed by atoms with Crippen LogP contribution in [0.25, 0.3) is 11.1 Å². The van der Waals surface area contributed by atoms with Gasteiger partial charge in [0.25, 0.3) is 10.0 Å². The molecule has 1 aliphatic heterocycles. The van der Waals surface area contributed by atoms with E-state index >= 15 is 0 Å². The molecule has 0 aliphatic carbocycles. The van der Waals surface area contributed by atoms with Crippen molar-refractivity contribution >= 4 is 15.9 Å². The summed E-state index contributed by atoms with van der Waals surface area (Å²) in [5.41, 5.74) is 3.88. The summed E-state index contributed by atoms with van der Waals surface area (Å²) in [5.74, 6) is -0.0189. The maximum atomic E-state index is 13.0. The highest BCUT2D eigenvalue weighted by Crippen LogP contribution is 2.34. The van der Waals surface area contributed by atoms with E-state index in [4.69, 9.17) is 4.74 Å². The van der Waals surface area contributed by atoms with Gasteiger partial charge in [0.15, 0.2) is 0 Å². The Morgan fingerprint density at radius 3 is 2.70 bits per heavy atom. The lowest BCUT2D eigenvalue weighted by Gasteiger charge is -2.25. The standard InChI is InChI=1S/C24H28N4O4S/c1-15(2)19-8-16(3)9-20-17-6-7-25-23(10-17)32-14-24(4,5)28-13-18(12-26-28)33(30,31)27-22(29)11-21(19)20/h6-10,12-13,15H,11,14H2,1-5H3,(H,27,29). The topological polar surface area (TPSA) is 103 Å². The van der Waals surface area contributed by atoms with Crippen molar-refractivity contribution in [3.63, 3.8) is 0 Å².